The zero-order chi connectivity index (χ0) is 17.8. The van der Waals surface area contributed by atoms with Gasteiger partial charge in [0.1, 0.15) is 5.82 Å². The van der Waals surface area contributed by atoms with Crippen LogP contribution in [0.4, 0.5) is 4.39 Å². The fourth-order valence-corrected chi connectivity index (χ4v) is 4.48. The lowest BCUT2D eigenvalue weighted by molar-refractivity contribution is -0.116. The lowest BCUT2D eigenvalue weighted by Crippen LogP contribution is -2.33. The molecule has 0 amide bonds. The maximum atomic E-state index is 13.5. The first kappa shape index (κ1) is 15.4. The lowest BCUT2D eigenvalue weighted by atomic mass is 9.71. The predicted octanol–water partition coefficient (Wildman–Crippen LogP) is 4.23. The van der Waals surface area contributed by atoms with E-state index in [4.69, 9.17) is 4.99 Å². The van der Waals surface area contributed by atoms with Crippen LogP contribution in [-0.2, 0) is 4.79 Å². The molecule has 128 valence electrons. The number of aliphatic imine (C=N–C) groups is 1. The third-order valence-corrected chi connectivity index (χ3v) is 5.60. The van der Waals surface area contributed by atoms with E-state index in [9.17, 15) is 14.0 Å². The van der Waals surface area contributed by atoms with Crippen LogP contribution in [0.1, 0.15) is 46.7 Å². The summed E-state index contributed by atoms with van der Waals surface area (Å²) in [6.07, 6.45) is 2.01. The summed E-state index contributed by atoms with van der Waals surface area (Å²) in [5, 5.41) is 0. The monoisotopic (exact) mass is 345 g/mol. The van der Waals surface area contributed by atoms with Crippen molar-refractivity contribution in [3.63, 3.8) is 0 Å². The van der Waals surface area contributed by atoms with Gasteiger partial charge in [0.25, 0.3) is 0 Å². The Labute approximate surface area is 150 Å². The van der Waals surface area contributed by atoms with E-state index in [2.05, 4.69) is 0 Å². The van der Waals surface area contributed by atoms with Crippen molar-refractivity contribution in [2.45, 2.75) is 25.2 Å². The van der Waals surface area contributed by atoms with Crippen molar-refractivity contribution in [2.24, 2.45) is 10.9 Å². The van der Waals surface area contributed by atoms with E-state index in [0.717, 1.165) is 35.4 Å². The van der Waals surface area contributed by atoms with Crippen molar-refractivity contribution in [1.82, 2.24) is 0 Å². The van der Waals surface area contributed by atoms with E-state index >= 15 is 0 Å². The highest BCUT2D eigenvalue weighted by molar-refractivity contribution is 6.30. The number of carbonyl (C=O) groups excluding carboxylic acids is 2. The van der Waals surface area contributed by atoms with E-state index in [1.807, 2.05) is 24.3 Å². The highest BCUT2D eigenvalue weighted by atomic mass is 19.1. The van der Waals surface area contributed by atoms with Gasteiger partial charge in [0, 0.05) is 34.7 Å². The zero-order valence-corrected chi connectivity index (χ0v) is 14.0. The van der Waals surface area contributed by atoms with Crippen LogP contribution in [0, 0.1) is 11.7 Å². The van der Waals surface area contributed by atoms with Crippen LogP contribution in [0.5, 0.6) is 0 Å². The van der Waals surface area contributed by atoms with Gasteiger partial charge in [-0.1, -0.05) is 36.4 Å². The first-order valence-electron chi connectivity index (χ1n) is 8.89. The number of allylic oxidation sites excluding steroid dienone is 2. The second-order valence-electron chi connectivity index (χ2n) is 7.05. The van der Waals surface area contributed by atoms with Crippen molar-refractivity contribution in [3.8, 4) is 0 Å². The molecule has 5 rings (SSSR count). The Bertz CT molecular complexity index is 1020. The minimum Gasteiger partial charge on any atom is -0.294 e. The molecule has 0 bridgehead atoms. The first-order chi connectivity index (χ1) is 12.6. The SMILES string of the molecule is O=C1CCCC2=C1[C@H](c1ccc(F)cc1)[C@@H]1C(=O)c3ccccc3C1=N2. The van der Waals surface area contributed by atoms with Gasteiger partial charge in [-0.3, -0.25) is 14.6 Å². The number of halogens is 1. The van der Waals surface area contributed by atoms with Crippen LogP contribution >= 0.6 is 0 Å². The lowest BCUT2D eigenvalue weighted by Gasteiger charge is -2.33. The van der Waals surface area contributed by atoms with Gasteiger partial charge in [-0.15, -0.1) is 0 Å². The van der Waals surface area contributed by atoms with Crippen molar-refractivity contribution < 1.29 is 14.0 Å². The summed E-state index contributed by atoms with van der Waals surface area (Å²) in [4.78, 5) is 30.7. The van der Waals surface area contributed by atoms with Crippen molar-refractivity contribution in [1.29, 1.82) is 0 Å². The number of ketones is 2. The molecule has 3 aliphatic rings. The molecule has 1 aliphatic heterocycles. The summed E-state index contributed by atoms with van der Waals surface area (Å²) in [6.45, 7) is 0. The largest absolute Gasteiger partial charge is 0.294 e. The van der Waals surface area contributed by atoms with E-state index < -0.39 is 5.92 Å². The molecule has 4 heteroatoms. The molecule has 0 radical (unpaired) electrons. The fourth-order valence-electron chi connectivity index (χ4n) is 4.48. The quantitative estimate of drug-likeness (QED) is 0.776. The standard InChI is InChI=1S/C22H16FNO2/c23-13-10-8-12(9-11-13)18-19-16(6-3-7-17(19)25)24-21-14-4-1-2-5-15(14)22(26)20(18)21/h1-2,4-5,8-11,18,20H,3,6-7H2/t18-,20-/m0/s1. The van der Waals surface area contributed by atoms with Crippen molar-refractivity contribution in [2.75, 3.05) is 0 Å². The highest BCUT2D eigenvalue weighted by Crippen LogP contribution is 2.48. The molecule has 2 atom stereocenters. The van der Waals surface area contributed by atoms with Gasteiger partial charge in [-0.2, -0.15) is 0 Å². The Hall–Kier alpha value is -2.88. The van der Waals surface area contributed by atoms with E-state index in [0.29, 0.717) is 17.6 Å². The Morgan fingerprint density at radius 1 is 0.885 bits per heavy atom. The molecule has 3 nitrogen and oxygen atoms in total. The summed E-state index contributed by atoms with van der Waals surface area (Å²) in [6, 6.07) is 13.6. The molecule has 2 aromatic rings. The second kappa shape index (κ2) is 5.56. The minimum absolute atomic E-state index is 0.00130. The number of rotatable bonds is 1. The molecule has 0 fully saturated rings. The number of hydrogen-bond donors (Lipinski definition) is 0. The number of Topliss-reactive ketones (excluding diaryl/α,β-unsaturated/α-hetero) is 2. The normalized spacial score (nSPS) is 24.1. The first-order valence-corrected chi connectivity index (χ1v) is 8.89. The topological polar surface area (TPSA) is 46.5 Å². The predicted molar refractivity (Wildman–Crippen MR) is 95.8 cm³/mol. The molecular weight excluding hydrogens is 329 g/mol. The summed E-state index contributed by atoms with van der Waals surface area (Å²) in [5.41, 5.74) is 4.53. The van der Waals surface area contributed by atoms with Gasteiger partial charge in [-0.05, 0) is 30.5 Å². The highest BCUT2D eigenvalue weighted by Gasteiger charge is 2.48. The molecule has 0 aromatic heterocycles. The average Bonchev–Trinajstić information content (AvgIpc) is 2.94. The molecular formula is C22H16FNO2. The van der Waals surface area contributed by atoms with Gasteiger partial charge < -0.3 is 0 Å². The number of nitrogens with zero attached hydrogens (tertiary/aromatic N) is 1. The molecule has 2 aromatic carbocycles. The van der Waals surface area contributed by atoms with Crippen LogP contribution in [0.2, 0.25) is 0 Å². The molecule has 0 saturated heterocycles. The molecule has 0 N–H and O–H groups in total. The van der Waals surface area contributed by atoms with Crippen molar-refractivity contribution >= 4 is 17.3 Å². The number of hydrogen-bond acceptors (Lipinski definition) is 3. The number of fused-ring (bicyclic) bond motifs is 3. The van der Waals surface area contributed by atoms with Crippen LogP contribution in [0.15, 0.2) is 64.8 Å². The van der Waals surface area contributed by atoms with Crippen LogP contribution in [-0.4, -0.2) is 17.3 Å². The second-order valence-corrected chi connectivity index (χ2v) is 7.05. The van der Waals surface area contributed by atoms with Gasteiger partial charge in [0.15, 0.2) is 11.6 Å². The zero-order valence-electron chi connectivity index (χ0n) is 14.0. The van der Waals surface area contributed by atoms with Crippen LogP contribution in [0.3, 0.4) is 0 Å². The summed E-state index contributed by atoms with van der Waals surface area (Å²) in [7, 11) is 0. The summed E-state index contributed by atoms with van der Waals surface area (Å²) < 4.78 is 13.5. The molecule has 0 saturated carbocycles. The third-order valence-electron chi connectivity index (χ3n) is 5.60. The summed E-state index contributed by atoms with van der Waals surface area (Å²) >= 11 is 0. The molecule has 0 spiro atoms. The van der Waals surface area contributed by atoms with E-state index in [1.54, 1.807) is 12.1 Å². The van der Waals surface area contributed by atoms with E-state index in [-0.39, 0.29) is 23.3 Å². The van der Waals surface area contributed by atoms with Crippen molar-refractivity contribution in [3.05, 3.63) is 82.3 Å². The van der Waals surface area contributed by atoms with Gasteiger partial charge in [0.05, 0.1) is 11.6 Å². The van der Waals surface area contributed by atoms with Crippen LogP contribution in [0.25, 0.3) is 0 Å². The Balaban J connectivity index is 1.76. The fraction of sp³-hybridized carbons (Fsp3) is 0.227. The summed E-state index contributed by atoms with van der Waals surface area (Å²) in [5.74, 6) is -1.15. The van der Waals surface area contributed by atoms with Gasteiger partial charge >= 0.3 is 0 Å². The number of benzene rings is 2. The smallest absolute Gasteiger partial charge is 0.173 e. The Morgan fingerprint density at radius 3 is 2.38 bits per heavy atom. The Morgan fingerprint density at radius 2 is 1.62 bits per heavy atom. The Kier molecular flexibility index (Phi) is 3.29. The maximum Gasteiger partial charge on any atom is 0.173 e. The minimum atomic E-state index is -0.501. The van der Waals surface area contributed by atoms with Gasteiger partial charge in [0.2, 0.25) is 0 Å². The molecule has 0 unspecified atom stereocenters. The van der Waals surface area contributed by atoms with Crippen LogP contribution < -0.4 is 0 Å². The number of carbonyl (C=O) groups is 2. The maximum absolute atomic E-state index is 13.5. The third kappa shape index (κ3) is 2.08. The molecule has 26 heavy (non-hydrogen) atoms. The molecule has 2 aliphatic carbocycles. The molecule has 1 heterocycles. The van der Waals surface area contributed by atoms with E-state index in [1.165, 1.54) is 12.1 Å². The van der Waals surface area contributed by atoms with Gasteiger partial charge in [-0.25, -0.2) is 4.39 Å². The average molecular weight is 345 g/mol.